The Labute approximate surface area is 154 Å². The maximum atomic E-state index is 12.7. The minimum atomic E-state index is -3.61. The number of para-hydroxylation sites is 1. The average molecular weight is 376 g/mol. The van der Waals surface area contributed by atoms with E-state index in [1.807, 2.05) is 24.3 Å². The molecular formula is C19H24N2O4S. The highest BCUT2D eigenvalue weighted by Crippen LogP contribution is 2.27. The van der Waals surface area contributed by atoms with Gasteiger partial charge in [0.25, 0.3) is 5.91 Å². The number of benzene rings is 1. The number of carbonyl (C=O) groups is 1. The van der Waals surface area contributed by atoms with Gasteiger partial charge in [-0.3, -0.25) is 4.79 Å². The molecule has 7 heteroatoms. The number of nitrogens with zero attached hydrogens (tertiary/aromatic N) is 1. The van der Waals surface area contributed by atoms with Crippen molar-refractivity contribution in [2.45, 2.75) is 44.4 Å². The summed E-state index contributed by atoms with van der Waals surface area (Å²) in [5.41, 5.74) is 1.76. The van der Waals surface area contributed by atoms with Crippen LogP contribution in [0.5, 0.6) is 0 Å². The summed E-state index contributed by atoms with van der Waals surface area (Å²) in [7, 11) is -3.61. The van der Waals surface area contributed by atoms with E-state index in [0.29, 0.717) is 13.1 Å². The Bertz CT molecular complexity index is 896. The maximum absolute atomic E-state index is 12.7. The van der Waals surface area contributed by atoms with Gasteiger partial charge in [-0.15, -0.1) is 0 Å². The van der Waals surface area contributed by atoms with Crippen molar-refractivity contribution in [1.29, 1.82) is 0 Å². The van der Waals surface area contributed by atoms with Crippen LogP contribution in [0.25, 0.3) is 0 Å². The first-order chi connectivity index (χ1) is 12.4. The summed E-state index contributed by atoms with van der Waals surface area (Å²) in [5, 5.41) is 2.83. The summed E-state index contributed by atoms with van der Waals surface area (Å²) in [5.74, 6) is -0.199. The van der Waals surface area contributed by atoms with Gasteiger partial charge in [0.15, 0.2) is 5.76 Å². The first-order valence-corrected chi connectivity index (χ1v) is 10.4. The Morgan fingerprint density at radius 3 is 2.62 bits per heavy atom. The smallest absolute Gasteiger partial charge is 0.291 e. The van der Waals surface area contributed by atoms with Gasteiger partial charge in [-0.1, -0.05) is 31.5 Å². The average Bonchev–Trinajstić information content (AvgIpc) is 3.27. The third-order valence-corrected chi connectivity index (χ3v) is 6.57. The number of aryl methyl sites for hydroxylation is 2. The lowest BCUT2D eigenvalue weighted by Gasteiger charge is -2.14. The lowest BCUT2D eigenvalue weighted by molar-refractivity contribution is 0.0995. The summed E-state index contributed by atoms with van der Waals surface area (Å²) in [6.07, 6.45) is 3.53. The van der Waals surface area contributed by atoms with Crippen LogP contribution in [-0.2, 0) is 16.4 Å². The molecule has 1 aromatic heterocycles. The van der Waals surface area contributed by atoms with E-state index in [0.717, 1.165) is 36.9 Å². The van der Waals surface area contributed by atoms with Crippen molar-refractivity contribution in [3.05, 3.63) is 47.4 Å². The third-order valence-electron chi connectivity index (χ3n) is 4.56. The SMILES string of the molecule is CCCc1ccccc1NC(=O)c1cc(S(=O)(=O)N2CCCC2)c(C)o1. The normalized spacial score (nSPS) is 15.3. The highest BCUT2D eigenvalue weighted by molar-refractivity contribution is 7.89. The topological polar surface area (TPSA) is 79.6 Å². The summed E-state index contributed by atoms with van der Waals surface area (Å²) >= 11 is 0. The molecule has 2 aromatic rings. The van der Waals surface area contributed by atoms with Crippen molar-refractivity contribution in [3.63, 3.8) is 0 Å². The first kappa shape index (κ1) is 18.7. The molecule has 26 heavy (non-hydrogen) atoms. The van der Waals surface area contributed by atoms with E-state index in [-0.39, 0.29) is 16.4 Å². The lowest BCUT2D eigenvalue weighted by atomic mass is 10.1. The Morgan fingerprint density at radius 2 is 1.92 bits per heavy atom. The molecule has 1 aliphatic rings. The number of nitrogens with one attached hydrogen (secondary N) is 1. The molecular weight excluding hydrogens is 352 g/mol. The van der Waals surface area contributed by atoms with Crippen LogP contribution in [-0.4, -0.2) is 31.7 Å². The number of furan rings is 1. The molecule has 0 saturated carbocycles. The molecule has 1 N–H and O–H groups in total. The number of hydrogen-bond donors (Lipinski definition) is 1. The zero-order valence-corrected chi connectivity index (χ0v) is 15.9. The minimum absolute atomic E-state index is 0.00609. The van der Waals surface area contributed by atoms with Crippen molar-refractivity contribution < 1.29 is 17.6 Å². The molecule has 1 aromatic carbocycles. The number of sulfonamides is 1. The fourth-order valence-corrected chi connectivity index (χ4v) is 4.89. The third kappa shape index (κ3) is 3.68. The van der Waals surface area contributed by atoms with Crippen molar-refractivity contribution >= 4 is 21.6 Å². The predicted molar refractivity (Wildman–Crippen MR) is 99.8 cm³/mol. The first-order valence-electron chi connectivity index (χ1n) is 8.93. The minimum Gasteiger partial charge on any atom is -0.455 e. The molecule has 1 aliphatic heterocycles. The van der Waals surface area contributed by atoms with E-state index in [4.69, 9.17) is 4.42 Å². The largest absolute Gasteiger partial charge is 0.455 e. The molecule has 0 unspecified atom stereocenters. The Balaban J connectivity index is 1.84. The van der Waals surface area contributed by atoms with Crippen LogP contribution in [0.4, 0.5) is 5.69 Å². The van der Waals surface area contributed by atoms with Gasteiger partial charge in [0.1, 0.15) is 10.7 Å². The summed E-state index contributed by atoms with van der Waals surface area (Å²) in [6, 6.07) is 8.92. The van der Waals surface area contributed by atoms with Crippen molar-refractivity contribution in [1.82, 2.24) is 4.31 Å². The van der Waals surface area contributed by atoms with Gasteiger partial charge in [0.2, 0.25) is 10.0 Å². The van der Waals surface area contributed by atoms with Crippen molar-refractivity contribution in [2.75, 3.05) is 18.4 Å². The second kappa shape index (κ2) is 7.63. The summed E-state index contributed by atoms with van der Waals surface area (Å²) < 4.78 is 32.4. The molecule has 0 radical (unpaired) electrons. The molecule has 140 valence electrons. The molecule has 0 atom stereocenters. The van der Waals surface area contributed by atoms with E-state index in [1.165, 1.54) is 10.4 Å². The van der Waals surface area contributed by atoms with E-state index < -0.39 is 15.9 Å². The van der Waals surface area contributed by atoms with Crippen LogP contribution >= 0.6 is 0 Å². The van der Waals surface area contributed by atoms with E-state index in [2.05, 4.69) is 12.2 Å². The Hall–Kier alpha value is -2.12. The van der Waals surface area contributed by atoms with Crippen LogP contribution in [0.15, 0.2) is 39.6 Å². The molecule has 0 bridgehead atoms. The van der Waals surface area contributed by atoms with E-state index in [1.54, 1.807) is 6.92 Å². The highest BCUT2D eigenvalue weighted by Gasteiger charge is 2.31. The van der Waals surface area contributed by atoms with Gasteiger partial charge in [0, 0.05) is 24.8 Å². The van der Waals surface area contributed by atoms with Gasteiger partial charge in [-0.05, 0) is 37.8 Å². The van der Waals surface area contributed by atoms with Crippen LogP contribution in [0.2, 0.25) is 0 Å². The highest BCUT2D eigenvalue weighted by atomic mass is 32.2. The van der Waals surface area contributed by atoms with Crippen LogP contribution < -0.4 is 5.32 Å². The van der Waals surface area contributed by atoms with Gasteiger partial charge < -0.3 is 9.73 Å². The Kier molecular flexibility index (Phi) is 5.48. The molecule has 3 rings (SSSR count). The van der Waals surface area contributed by atoms with Crippen LogP contribution in [0, 0.1) is 6.92 Å². The van der Waals surface area contributed by atoms with Gasteiger partial charge in [-0.25, -0.2) is 8.42 Å². The molecule has 1 saturated heterocycles. The molecule has 0 spiro atoms. The van der Waals surface area contributed by atoms with E-state index >= 15 is 0 Å². The van der Waals surface area contributed by atoms with E-state index in [9.17, 15) is 13.2 Å². The van der Waals surface area contributed by atoms with Crippen LogP contribution in [0.3, 0.4) is 0 Å². The Morgan fingerprint density at radius 1 is 1.23 bits per heavy atom. The number of rotatable bonds is 6. The quantitative estimate of drug-likeness (QED) is 0.836. The lowest BCUT2D eigenvalue weighted by Crippen LogP contribution is -2.28. The number of amides is 1. The van der Waals surface area contributed by atoms with Gasteiger partial charge >= 0.3 is 0 Å². The summed E-state index contributed by atoms with van der Waals surface area (Å²) in [4.78, 5) is 12.6. The second-order valence-corrected chi connectivity index (χ2v) is 8.41. The number of anilines is 1. The van der Waals surface area contributed by atoms with Gasteiger partial charge in [0.05, 0.1) is 0 Å². The molecule has 0 aliphatic carbocycles. The molecule has 2 heterocycles. The standard InChI is InChI=1S/C19H24N2O4S/c1-3-8-15-9-4-5-10-16(15)20-19(22)17-13-18(14(2)25-17)26(23,24)21-11-6-7-12-21/h4-5,9-10,13H,3,6-8,11-12H2,1-2H3,(H,20,22). The number of hydrogen-bond acceptors (Lipinski definition) is 4. The van der Waals surface area contributed by atoms with Crippen LogP contribution in [0.1, 0.15) is 48.1 Å². The van der Waals surface area contributed by atoms with Gasteiger partial charge in [-0.2, -0.15) is 4.31 Å². The van der Waals surface area contributed by atoms with Crippen molar-refractivity contribution in [3.8, 4) is 0 Å². The number of carbonyl (C=O) groups excluding carboxylic acids is 1. The summed E-state index contributed by atoms with van der Waals surface area (Å²) in [6.45, 7) is 4.67. The fraction of sp³-hybridized carbons (Fsp3) is 0.421. The fourth-order valence-electron chi connectivity index (χ4n) is 3.21. The molecule has 1 fully saturated rings. The molecule has 6 nitrogen and oxygen atoms in total. The zero-order valence-electron chi connectivity index (χ0n) is 15.1. The zero-order chi connectivity index (χ0) is 18.7. The monoisotopic (exact) mass is 376 g/mol. The maximum Gasteiger partial charge on any atom is 0.291 e. The predicted octanol–water partition coefficient (Wildman–Crippen LogP) is 3.58. The second-order valence-electron chi connectivity index (χ2n) is 6.50. The molecule has 1 amide bonds. The van der Waals surface area contributed by atoms with Crippen molar-refractivity contribution in [2.24, 2.45) is 0 Å².